The lowest BCUT2D eigenvalue weighted by Gasteiger charge is -2.21. The van der Waals surface area contributed by atoms with Gasteiger partial charge in [0.25, 0.3) is 0 Å². The molecular formula is C24H38N5O+. The number of hydrogen-bond acceptors (Lipinski definition) is 3. The van der Waals surface area contributed by atoms with Crippen molar-refractivity contribution >= 4 is 5.96 Å². The zero-order valence-electron chi connectivity index (χ0n) is 18.5. The molecule has 1 saturated heterocycles. The molecule has 6 nitrogen and oxygen atoms in total. The second-order valence-corrected chi connectivity index (χ2v) is 8.59. The third-order valence-corrected chi connectivity index (χ3v) is 6.11. The monoisotopic (exact) mass is 412 g/mol. The Hall–Kier alpha value is -2.37. The first-order valence-electron chi connectivity index (χ1n) is 11.7. The van der Waals surface area contributed by atoms with Crippen LogP contribution in [0.15, 0.2) is 28.8 Å². The number of rotatable bonds is 11. The molecule has 30 heavy (non-hydrogen) atoms. The van der Waals surface area contributed by atoms with Gasteiger partial charge in [-0.25, -0.2) is 0 Å². The third-order valence-electron chi connectivity index (χ3n) is 6.11. The second kappa shape index (κ2) is 11.7. The Kier molecular flexibility index (Phi) is 8.72. The fraction of sp³-hybridized carbons (Fsp3) is 0.625. The van der Waals surface area contributed by atoms with Crippen molar-refractivity contribution in [3.05, 3.63) is 35.7 Å². The van der Waals surface area contributed by atoms with Gasteiger partial charge in [-0.1, -0.05) is 81.3 Å². The molecular weight excluding hydrogens is 374 g/mol. The number of piperidine rings is 1. The average Bonchev–Trinajstić information content (AvgIpc) is 3.26. The molecule has 1 aliphatic rings. The van der Waals surface area contributed by atoms with E-state index in [-0.39, 0.29) is 5.92 Å². The van der Waals surface area contributed by atoms with Crippen LogP contribution in [-0.2, 0) is 6.42 Å². The van der Waals surface area contributed by atoms with Crippen LogP contribution in [-0.4, -0.2) is 33.8 Å². The Morgan fingerprint density at radius 2 is 1.73 bits per heavy atom. The molecule has 2 heterocycles. The molecule has 2 aromatic rings. The molecule has 0 spiro atoms. The molecule has 0 saturated carbocycles. The van der Waals surface area contributed by atoms with Crippen molar-refractivity contribution < 1.29 is 9.10 Å². The highest BCUT2D eigenvalue weighted by Gasteiger charge is 2.26. The summed E-state index contributed by atoms with van der Waals surface area (Å²) in [6, 6.07) is 8.60. The van der Waals surface area contributed by atoms with Gasteiger partial charge in [0.05, 0.1) is 19.0 Å². The van der Waals surface area contributed by atoms with E-state index in [9.17, 15) is 0 Å². The summed E-state index contributed by atoms with van der Waals surface area (Å²) in [4.78, 5) is 4.65. The molecule has 1 aromatic carbocycles. The van der Waals surface area contributed by atoms with Gasteiger partial charge >= 0.3 is 5.96 Å². The van der Waals surface area contributed by atoms with E-state index in [2.05, 4.69) is 41.3 Å². The van der Waals surface area contributed by atoms with Gasteiger partial charge in [-0.15, -0.1) is 0 Å². The third kappa shape index (κ3) is 6.57. The van der Waals surface area contributed by atoms with Gasteiger partial charge < -0.3 is 4.52 Å². The van der Waals surface area contributed by atoms with E-state index in [0.717, 1.165) is 37.9 Å². The van der Waals surface area contributed by atoms with E-state index in [1.54, 1.807) is 0 Å². The largest absolute Gasteiger partial charge is 0.341 e. The Bertz CT molecular complexity index is 792. The molecule has 6 heteroatoms. The number of nitrogens with zero attached hydrogens (tertiary/aromatic N) is 3. The molecule has 0 unspecified atom stereocenters. The molecule has 0 bridgehead atoms. The van der Waals surface area contributed by atoms with Gasteiger partial charge in [0.2, 0.25) is 11.7 Å². The highest BCUT2D eigenvalue weighted by atomic mass is 16.5. The highest BCUT2D eigenvalue weighted by molar-refractivity contribution is 5.70. The topological polar surface area (TPSA) is 94.0 Å². The van der Waals surface area contributed by atoms with Crippen LogP contribution in [0.25, 0.3) is 11.4 Å². The number of benzene rings is 1. The van der Waals surface area contributed by atoms with Crippen molar-refractivity contribution in [2.24, 2.45) is 11.5 Å². The zero-order valence-corrected chi connectivity index (χ0v) is 18.5. The molecule has 0 amide bonds. The first-order valence-corrected chi connectivity index (χ1v) is 11.7. The number of hydrogen-bond donors (Lipinski definition) is 2. The minimum atomic E-state index is 0.184. The summed E-state index contributed by atoms with van der Waals surface area (Å²) in [6.07, 6.45) is 14.0. The van der Waals surface area contributed by atoms with Crippen LogP contribution >= 0.6 is 0 Å². The predicted octanol–water partition coefficient (Wildman–Crippen LogP) is 4.58. The summed E-state index contributed by atoms with van der Waals surface area (Å²) in [5.41, 5.74) is 13.9. The van der Waals surface area contributed by atoms with Gasteiger partial charge in [-0.05, 0) is 31.2 Å². The number of aryl methyl sites for hydroxylation is 1. The minimum Gasteiger partial charge on any atom is -0.339 e. The molecule has 4 N–H and O–H groups in total. The second-order valence-electron chi connectivity index (χ2n) is 8.59. The van der Waals surface area contributed by atoms with E-state index >= 15 is 0 Å². The van der Waals surface area contributed by atoms with E-state index in [1.165, 1.54) is 56.9 Å². The Balaban J connectivity index is 1.46. The van der Waals surface area contributed by atoms with Gasteiger partial charge in [0.15, 0.2) is 0 Å². The summed E-state index contributed by atoms with van der Waals surface area (Å²) in [5, 5.41) is 4.20. The van der Waals surface area contributed by atoms with Crippen molar-refractivity contribution in [2.75, 3.05) is 13.1 Å². The van der Waals surface area contributed by atoms with Crippen molar-refractivity contribution in [1.82, 2.24) is 10.1 Å². The van der Waals surface area contributed by atoms with Gasteiger partial charge in [0, 0.05) is 5.56 Å². The van der Waals surface area contributed by atoms with Gasteiger partial charge in [0.1, 0.15) is 0 Å². The van der Waals surface area contributed by atoms with Crippen molar-refractivity contribution in [3.8, 4) is 11.4 Å². The standard InChI is InChI=1S/C24H37N5O/c1-2-3-4-5-6-7-8-9-11-19-13-15-20(16-14-19)22-27-23(30-28-22)21-12-10-17-29(18-21)24(25)26/h13-16,21H,2-12,17-18H2,1H3,(H3,25,26)/p+1/t21-/m1/s1. The first kappa shape index (κ1) is 22.3. The fourth-order valence-electron chi connectivity index (χ4n) is 4.21. The van der Waals surface area contributed by atoms with E-state index in [4.69, 9.17) is 16.0 Å². The number of aromatic nitrogens is 2. The van der Waals surface area contributed by atoms with Gasteiger partial charge in [-0.3, -0.25) is 16.0 Å². The summed E-state index contributed by atoms with van der Waals surface area (Å²) < 4.78 is 7.55. The maximum Gasteiger partial charge on any atom is 0.341 e. The number of guanidine groups is 1. The number of unbranched alkanes of at least 4 members (excludes halogenated alkanes) is 7. The van der Waals surface area contributed by atoms with Crippen molar-refractivity contribution in [2.45, 2.75) is 83.5 Å². The van der Waals surface area contributed by atoms with Crippen molar-refractivity contribution in [1.29, 1.82) is 0 Å². The van der Waals surface area contributed by atoms with Crippen molar-refractivity contribution in [3.63, 3.8) is 0 Å². The summed E-state index contributed by atoms with van der Waals surface area (Å²) in [6.45, 7) is 3.90. The molecule has 164 valence electrons. The van der Waals surface area contributed by atoms with Crippen LogP contribution in [0.4, 0.5) is 0 Å². The maximum atomic E-state index is 5.75. The lowest BCUT2D eigenvalue weighted by Crippen LogP contribution is -2.40. The fourth-order valence-corrected chi connectivity index (χ4v) is 4.21. The number of nitrogens with two attached hydrogens (primary N) is 2. The normalized spacial score (nSPS) is 16.7. The van der Waals surface area contributed by atoms with E-state index in [0.29, 0.717) is 17.7 Å². The molecule has 1 atom stereocenters. The molecule has 1 fully saturated rings. The SMILES string of the molecule is CCCCCCCCCCc1ccc(-c2noc([C@@H]3CCC[N+](=C(N)N)C3)n2)cc1. The van der Waals surface area contributed by atoms with Crippen LogP contribution in [0.5, 0.6) is 0 Å². The van der Waals surface area contributed by atoms with Gasteiger partial charge in [-0.2, -0.15) is 4.98 Å². The Morgan fingerprint density at radius 3 is 2.43 bits per heavy atom. The van der Waals surface area contributed by atoms with Crippen LogP contribution in [0.2, 0.25) is 0 Å². The predicted molar refractivity (Wildman–Crippen MR) is 121 cm³/mol. The Morgan fingerprint density at radius 1 is 1.03 bits per heavy atom. The van der Waals surface area contributed by atoms with Crippen LogP contribution < -0.4 is 11.5 Å². The average molecular weight is 413 g/mol. The Labute approximate surface area is 180 Å². The quantitative estimate of drug-likeness (QED) is 0.320. The van der Waals surface area contributed by atoms with Crippen LogP contribution in [0.1, 0.15) is 88.5 Å². The molecule has 1 aliphatic heterocycles. The minimum absolute atomic E-state index is 0.184. The molecule has 3 rings (SSSR count). The van der Waals surface area contributed by atoms with E-state index in [1.807, 2.05) is 4.58 Å². The van der Waals surface area contributed by atoms with E-state index < -0.39 is 0 Å². The molecule has 1 aromatic heterocycles. The molecule has 0 aliphatic carbocycles. The maximum absolute atomic E-state index is 5.75. The highest BCUT2D eigenvalue weighted by Crippen LogP contribution is 2.26. The van der Waals surface area contributed by atoms with Crippen LogP contribution in [0, 0.1) is 0 Å². The first-order chi connectivity index (χ1) is 14.7. The molecule has 0 radical (unpaired) electrons. The lowest BCUT2D eigenvalue weighted by atomic mass is 9.99. The summed E-state index contributed by atoms with van der Waals surface area (Å²) in [7, 11) is 0. The summed E-state index contributed by atoms with van der Waals surface area (Å²) in [5.74, 6) is 1.89. The zero-order chi connectivity index (χ0) is 21.2. The van der Waals surface area contributed by atoms with Crippen LogP contribution in [0.3, 0.4) is 0 Å². The summed E-state index contributed by atoms with van der Waals surface area (Å²) >= 11 is 0. The lowest BCUT2D eigenvalue weighted by molar-refractivity contribution is -0.542. The smallest absolute Gasteiger partial charge is 0.339 e.